The van der Waals surface area contributed by atoms with Gasteiger partial charge in [-0.2, -0.15) is 0 Å². The summed E-state index contributed by atoms with van der Waals surface area (Å²) in [6, 6.07) is -1.04. The maximum atomic E-state index is 12.8. The van der Waals surface area contributed by atoms with Gasteiger partial charge in [0.15, 0.2) is 0 Å². The van der Waals surface area contributed by atoms with E-state index in [9.17, 15) is 14.7 Å². The summed E-state index contributed by atoms with van der Waals surface area (Å²) in [7, 11) is 0. The van der Waals surface area contributed by atoms with Gasteiger partial charge in [-0.3, -0.25) is 0 Å². The van der Waals surface area contributed by atoms with Crippen LogP contribution in [0.15, 0.2) is 5.38 Å². The molecule has 1 aliphatic heterocycles. The average molecular weight is 368 g/mol. The third-order valence-electron chi connectivity index (χ3n) is 4.42. The van der Waals surface area contributed by atoms with Crippen LogP contribution in [0.4, 0.5) is 4.79 Å². The Morgan fingerprint density at radius 1 is 1.32 bits per heavy atom. The summed E-state index contributed by atoms with van der Waals surface area (Å²) in [6.07, 6.45) is 0.714. The molecular formula is C18H29N3O3S. The Bertz CT molecular complexity index is 648. The monoisotopic (exact) mass is 367 g/mol. The van der Waals surface area contributed by atoms with Gasteiger partial charge in [-0.05, 0) is 24.2 Å². The molecule has 2 amide bonds. The standard InChI is InChI=1S/C18H29N3O3S/c1-12-19-13(10-25-12)9-20-7-8-21(16(20)24)14(15(22)23)18(5,6)11-17(2,3)4/h10,14H,7-9,11H2,1-6H3,(H,22,23)/t14-/m1/s1. The molecule has 0 radical (unpaired) electrons. The van der Waals surface area contributed by atoms with Crippen molar-refractivity contribution in [2.24, 2.45) is 10.8 Å². The number of rotatable bonds is 6. The Morgan fingerprint density at radius 2 is 1.96 bits per heavy atom. The van der Waals surface area contributed by atoms with Gasteiger partial charge in [0.1, 0.15) is 6.04 Å². The van der Waals surface area contributed by atoms with Crippen molar-refractivity contribution >= 4 is 23.3 Å². The molecule has 0 aromatic carbocycles. The van der Waals surface area contributed by atoms with Crippen molar-refractivity contribution in [1.82, 2.24) is 14.8 Å². The summed E-state index contributed by atoms with van der Waals surface area (Å²) in [4.78, 5) is 32.5. The van der Waals surface area contributed by atoms with E-state index in [0.29, 0.717) is 26.1 Å². The van der Waals surface area contributed by atoms with E-state index in [1.54, 1.807) is 16.2 Å². The van der Waals surface area contributed by atoms with Gasteiger partial charge in [0, 0.05) is 18.5 Å². The maximum Gasteiger partial charge on any atom is 0.327 e. The van der Waals surface area contributed by atoms with Crippen molar-refractivity contribution in [3.05, 3.63) is 16.1 Å². The number of aromatic nitrogens is 1. The van der Waals surface area contributed by atoms with Gasteiger partial charge in [0.2, 0.25) is 0 Å². The molecule has 1 N–H and O–H groups in total. The van der Waals surface area contributed by atoms with Crippen LogP contribution in [0, 0.1) is 17.8 Å². The lowest BCUT2D eigenvalue weighted by molar-refractivity contribution is -0.147. The molecule has 0 unspecified atom stereocenters. The summed E-state index contributed by atoms with van der Waals surface area (Å²) < 4.78 is 0. The number of aryl methyl sites for hydroxylation is 1. The highest BCUT2D eigenvalue weighted by molar-refractivity contribution is 7.09. The molecule has 1 aliphatic rings. The summed E-state index contributed by atoms with van der Waals surface area (Å²) in [5.74, 6) is -0.936. The summed E-state index contributed by atoms with van der Waals surface area (Å²) in [5, 5.41) is 12.8. The average Bonchev–Trinajstić information content (AvgIpc) is 2.96. The van der Waals surface area contributed by atoms with Crippen LogP contribution in [-0.2, 0) is 11.3 Å². The molecule has 1 aromatic heterocycles. The largest absolute Gasteiger partial charge is 0.480 e. The molecule has 7 heteroatoms. The molecule has 0 bridgehead atoms. The highest BCUT2D eigenvalue weighted by Gasteiger charge is 2.46. The molecule has 1 atom stereocenters. The smallest absolute Gasteiger partial charge is 0.327 e. The van der Waals surface area contributed by atoms with Crippen LogP contribution in [0.3, 0.4) is 0 Å². The van der Waals surface area contributed by atoms with Crippen molar-refractivity contribution in [2.75, 3.05) is 13.1 Å². The first-order valence-corrected chi connectivity index (χ1v) is 9.48. The number of amides is 2. The van der Waals surface area contributed by atoms with Crippen LogP contribution >= 0.6 is 11.3 Å². The van der Waals surface area contributed by atoms with Crippen molar-refractivity contribution in [3.63, 3.8) is 0 Å². The quantitative estimate of drug-likeness (QED) is 0.833. The molecule has 0 saturated carbocycles. The van der Waals surface area contributed by atoms with Gasteiger partial charge in [0.05, 0.1) is 17.2 Å². The fourth-order valence-electron chi connectivity index (χ4n) is 4.02. The number of hydrogen-bond acceptors (Lipinski definition) is 4. The summed E-state index contributed by atoms with van der Waals surface area (Å²) in [6.45, 7) is 13.5. The number of carbonyl (C=O) groups excluding carboxylic acids is 1. The topological polar surface area (TPSA) is 73.7 Å². The van der Waals surface area contributed by atoms with Crippen LogP contribution < -0.4 is 0 Å². The van der Waals surface area contributed by atoms with Gasteiger partial charge in [0.25, 0.3) is 0 Å². The van der Waals surface area contributed by atoms with Gasteiger partial charge in [-0.1, -0.05) is 34.6 Å². The molecule has 25 heavy (non-hydrogen) atoms. The van der Waals surface area contributed by atoms with E-state index in [0.717, 1.165) is 10.7 Å². The minimum atomic E-state index is -0.936. The zero-order chi connectivity index (χ0) is 19.0. The van der Waals surface area contributed by atoms with Crippen molar-refractivity contribution in [1.29, 1.82) is 0 Å². The number of carboxylic acids is 1. The fraction of sp³-hybridized carbons (Fsp3) is 0.722. The number of carbonyl (C=O) groups is 2. The van der Waals surface area contributed by atoms with Crippen LogP contribution in [0.5, 0.6) is 0 Å². The van der Waals surface area contributed by atoms with Gasteiger partial charge < -0.3 is 14.9 Å². The number of urea groups is 1. The van der Waals surface area contributed by atoms with Crippen molar-refractivity contribution < 1.29 is 14.7 Å². The Hall–Kier alpha value is -1.63. The number of nitrogens with zero attached hydrogens (tertiary/aromatic N) is 3. The Labute approximate surface area is 153 Å². The van der Waals surface area contributed by atoms with E-state index in [2.05, 4.69) is 25.8 Å². The third kappa shape index (κ3) is 4.71. The predicted molar refractivity (Wildman–Crippen MR) is 98.6 cm³/mol. The van der Waals surface area contributed by atoms with E-state index in [1.807, 2.05) is 26.2 Å². The zero-order valence-corrected chi connectivity index (χ0v) is 16.8. The number of thiazole rings is 1. The van der Waals surface area contributed by atoms with E-state index in [1.165, 1.54) is 4.90 Å². The lowest BCUT2D eigenvalue weighted by atomic mass is 9.71. The second kappa shape index (κ2) is 6.94. The number of hydrogen-bond donors (Lipinski definition) is 1. The lowest BCUT2D eigenvalue weighted by Crippen LogP contribution is -2.52. The molecule has 1 aromatic rings. The van der Waals surface area contributed by atoms with E-state index >= 15 is 0 Å². The first kappa shape index (κ1) is 19.7. The Balaban J connectivity index is 2.17. The lowest BCUT2D eigenvalue weighted by Gasteiger charge is -2.40. The highest BCUT2D eigenvalue weighted by Crippen LogP contribution is 2.39. The van der Waals surface area contributed by atoms with Gasteiger partial charge in [-0.15, -0.1) is 11.3 Å². The van der Waals surface area contributed by atoms with E-state index in [-0.39, 0.29) is 11.4 Å². The molecule has 0 aliphatic carbocycles. The molecule has 6 nitrogen and oxygen atoms in total. The van der Waals surface area contributed by atoms with E-state index < -0.39 is 17.4 Å². The Kier molecular flexibility index (Phi) is 5.47. The minimum Gasteiger partial charge on any atom is -0.480 e. The van der Waals surface area contributed by atoms with Crippen LogP contribution in [0.25, 0.3) is 0 Å². The minimum absolute atomic E-state index is 0.0161. The second-order valence-electron chi connectivity index (χ2n) is 8.72. The molecule has 0 spiro atoms. The molecule has 140 valence electrons. The molecule has 2 heterocycles. The van der Waals surface area contributed by atoms with Gasteiger partial charge in [-0.25, -0.2) is 14.6 Å². The number of carboxylic acid groups (broad SMARTS) is 1. The molecular weight excluding hydrogens is 338 g/mol. The molecule has 2 rings (SSSR count). The van der Waals surface area contributed by atoms with Crippen LogP contribution in [0.1, 0.15) is 51.7 Å². The predicted octanol–water partition coefficient (Wildman–Crippen LogP) is 3.60. The maximum absolute atomic E-state index is 12.8. The van der Waals surface area contributed by atoms with Gasteiger partial charge >= 0.3 is 12.0 Å². The zero-order valence-electron chi connectivity index (χ0n) is 16.0. The highest BCUT2D eigenvalue weighted by atomic mass is 32.1. The number of aliphatic carboxylic acids is 1. The van der Waals surface area contributed by atoms with Crippen LogP contribution in [-0.4, -0.2) is 51.0 Å². The Morgan fingerprint density at radius 3 is 2.44 bits per heavy atom. The summed E-state index contributed by atoms with van der Waals surface area (Å²) >= 11 is 1.55. The van der Waals surface area contributed by atoms with E-state index in [4.69, 9.17) is 0 Å². The normalized spacial score (nSPS) is 17.3. The van der Waals surface area contributed by atoms with Crippen molar-refractivity contribution in [3.8, 4) is 0 Å². The first-order chi connectivity index (χ1) is 11.4. The van der Waals surface area contributed by atoms with Crippen LogP contribution in [0.2, 0.25) is 0 Å². The van der Waals surface area contributed by atoms with Crippen molar-refractivity contribution in [2.45, 2.75) is 60.5 Å². The second-order valence-corrected chi connectivity index (χ2v) is 9.78. The molecule has 1 fully saturated rings. The summed E-state index contributed by atoms with van der Waals surface area (Å²) in [5.41, 5.74) is 0.323. The third-order valence-corrected chi connectivity index (χ3v) is 5.24. The fourth-order valence-corrected chi connectivity index (χ4v) is 4.62. The SMILES string of the molecule is Cc1nc(CN2CCN([C@H](C(=O)O)C(C)(C)CC(C)(C)C)C2=O)cs1. The molecule has 1 saturated heterocycles. The first-order valence-electron chi connectivity index (χ1n) is 8.60.